The van der Waals surface area contributed by atoms with Crippen molar-refractivity contribution in [3.05, 3.63) is 35.6 Å². The summed E-state index contributed by atoms with van der Waals surface area (Å²) in [5, 5.41) is 0. The summed E-state index contributed by atoms with van der Waals surface area (Å²) in [4.78, 5) is 0. The molecule has 0 aromatic heterocycles. The standard InChI is InChI=1S/C11H16FNO2S/c1-3-9(2)13-16(14,15)8-10-4-6-11(12)7-5-10/h4-7,9,13H,3,8H2,1-2H3. The zero-order chi connectivity index (χ0) is 12.2. The lowest BCUT2D eigenvalue weighted by Crippen LogP contribution is -2.32. The van der Waals surface area contributed by atoms with Crippen molar-refractivity contribution in [1.29, 1.82) is 0 Å². The first-order valence-corrected chi connectivity index (χ1v) is 6.82. The Kier molecular flexibility index (Phi) is 4.44. The van der Waals surface area contributed by atoms with Crippen LogP contribution in [-0.2, 0) is 15.8 Å². The summed E-state index contributed by atoms with van der Waals surface area (Å²) >= 11 is 0. The zero-order valence-electron chi connectivity index (χ0n) is 9.40. The molecule has 0 heterocycles. The Labute approximate surface area is 95.7 Å². The summed E-state index contributed by atoms with van der Waals surface area (Å²) in [6.45, 7) is 3.72. The van der Waals surface area contributed by atoms with Crippen LogP contribution < -0.4 is 4.72 Å². The van der Waals surface area contributed by atoms with E-state index in [1.807, 2.05) is 13.8 Å². The fourth-order valence-electron chi connectivity index (χ4n) is 1.23. The first-order valence-electron chi connectivity index (χ1n) is 5.17. The molecule has 1 rings (SSSR count). The van der Waals surface area contributed by atoms with E-state index in [1.165, 1.54) is 24.3 Å². The van der Waals surface area contributed by atoms with Crippen LogP contribution in [0.15, 0.2) is 24.3 Å². The van der Waals surface area contributed by atoms with Crippen molar-refractivity contribution in [3.63, 3.8) is 0 Å². The summed E-state index contributed by atoms with van der Waals surface area (Å²) in [6.07, 6.45) is 0.739. The van der Waals surface area contributed by atoms with E-state index in [0.29, 0.717) is 5.56 Å². The van der Waals surface area contributed by atoms with Gasteiger partial charge in [-0.1, -0.05) is 19.1 Å². The maximum absolute atomic E-state index is 12.6. The fourth-order valence-corrected chi connectivity index (χ4v) is 2.73. The molecule has 1 unspecified atom stereocenters. The maximum atomic E-state index is 12.6. The third-order valence-corrected chi connectivity index (χ3v) is 3.74. The second-order valence-corrected chi connectivity index (χ2v) is 5.57. The number of hydrogen-bond donors (Lipinski definition) is 1. The van der Waals surface area contributed by atoms with Gasteiger partial charge in [0, 0.05) is 6.04 Å². The molecule has 0 amide bonds. The molecule has 1 atom stereocenters. The van der Waals surface area contributed by atoms with Gasteiger partial charge in [-0.3, -0.25) is 0 Å². The zero-order valence-corrected chi connectivity index (χ0v) is 10.2. The molecule has 0 radical (unpaired) electrons. The van der Waals surface area contributed by atoms with E-state index in [2.05, 4.69) is 4.72 Å². The molecule has 0 bridgehead atoms. The van der Waals surface area contributed by atoms with E-state index in [1.54, 1.807) is 0 Å². The highest BCUT2D eigenvalue weighted by Gasteiger charge is 2.13. The molecule has 1 aromatic rings. The lowest BCUT2D eigenvalue weighted by atomic mass is 10.2. The normalized spacial score (nSPS) is 13.7. The predicted octanol–water partition coefficient (Wildman–Crippen LogP) is 2.04. The number of sulfonamides is 1. The first-order chi connectivity index (χ1) is 7.43. The van der Waals surface area contributed by atoms with Gasteiger partial charge in [0.2, 0.25) is 10.0 Å². The number of benzene rings is 1. The van der Waals surface area contributed by atoms with Crippen LogP contribution in [0.1, 0.15) is 25.8 Å². The van der Waals surface area contributed by atoms with Crippen molar-refractivity contribution >= 4 is 10.0 Å². The Bertz CT molecular complexity index is 428. The Morgan fingerprint density at radius 1 is 1.31 bits per heavy atom. The minimum Gasteiger partial charge on any atom is -0.212 e. The van der Waals surface area contributed by atoms with E-state index in [-0.39, 0.29) is 17.6 Å². The minimum atomic E-state index is -3.33. The molecular formula is C11H16FNO2S. The molecule has 0 spiro atoms. The third-order valence-electron chi connectivity index (χ3n) is 2.26. The molecular weight excluding hydrogens is 229 g/mol. The van der Waals surface area contributed by atoms with Gasteiger partial charge in [0.05, 0.1) is 5.75 Å². The highest BCUT2D eigenvalue weighted by atomic mass is 32.2. The van der Waals surface area contributed by atoms with Crippen LogP contribution in [-0.4, -0.2) is 14.5 Å². The average molecular weight is 245 g/mol. The SMILES string of the molecule is CCC(C)NS(=O)(=O)Cc1ccc(F)cc1. The Morgan fingerprint density at radius 2 is 1.88 bits per heavy atom. The minimum absolute atomic E-state index is 0.0783. The van der Waals surface area contributed by atoms with Crippen molar-refractivity contribution in [2.45, 2.75) is 32.1 Å². The number of hydrogen-bond acceptors (Lipinski definition) is 2. The maximum Gasteiger partial charge on any atom is 0.216 e. The molecule has 0 aliphatic carbocycles. The molecule has 0 fully saturated rings. The highest BCUT2D eigenvalue weighted by Crippen LogP contribution is 2.07. The van der Waals surface area contributed by atoms with Gasteiger partial charge in [-0.15, -0.1) is 0 Å². The summed E-state index contributed by atoms with van der Waals surface area (Å²) in [7, 11) is -3.33. The molecule has 1 N–H and O–H groups in total. The van der Waals surface area contributed by atoms with Crippen LogP contribution >= 0.6 is 0 Å². The van der Waals surface area contributed by atoms with E-state index < -0.39 is 10.0 Å². The van der Waals surface area contributed by atoms with E-state index >= 15 is 0 Å². The van der Waals surface area contributed by atoms with Crippen LogP contribution in [0, 0.1) is 5.82 Å². The Morgan fingerprint density at radius 3 is 2.38 bits per heavy atom. The quantitative estimate of drug-likeness (QED) is 0.863. The van der Waals surface area contributed by atoms with Crippen molar-refractivity contribution in [2.75, 3.05) is 0 Å². The van der Waals surface area contributed by atoms with Crippen molar-refractivity contribution in [2.24, 2.45) is 0 Å². The predicted molar refractivity (Wildman–Crippen MR) is 61.9 cm³/mol. The van der Waals surface area contributed by atoms with Crippen molar-refractivity contribution < 1.29 is 12.8 Å². The second-order valence-electron chi connectivity index (χ2n) is 3.81. The average Bonchev–Trinajstić information content (AvgIpc) is 2.20. The Hall–Kier alpha value is -0.940. The van der Waals surface area contributed by atoms with Crippen LogP contribution in [0.4, 0.5) is 4.39 Å². The lowest BCUT2D eigenvalue weighted by Gasteiger charge is -2.11. The highest BCUT2D eigenvalue weighted by molar-refractivity contribution is 7.88. The van der Waals surface area contributed by atoms with E-state index in [9.17, 15) is 12.8 Å². The van der Waals surface area contributed by atoms with Gasteiger partial charge in [-0.25, -0.2) is 17.5 Å². The summed E-state index contributed by atoms with van der Waals surface area (Å²) < 4.78 is 38.5. The molecule has 0 aliphatic heterocycles. The largest absolute Gasteiger partial charge is 0.216 e. The van der Waals surface area contributed by atoms with Gasteiger partial charge >= 0.3 is 0 Å². The first kappa shape index (κ1) is 13.1. The van der Waals surface area contributed by atoms with Gasteiger partial charge in [0.25, 0.3) is 0 Å². The Balaban J connectivity index is 2.69. The molecule has 1 aromatic carbocycles. The monoisotopic (exact) mass is 245 g/mol. The van der Waals surface area contributed by atoms with Gasteiger partial charge < -0.3 is 0 Å². The third kappa shape index (κ3) is 4.28. The fraction of sp³-hybridized carbons (Fsp3) is 0.455. The van der Waals surface area contributed by atoms with Crippen molar-refractivity contribution in [1.82, 2.24) is 4.72 Å². The van der Waals surface area contributed by atoms with Crippen LogP contribution in [0.3, 0.4) is 0 Å². The van der Waals surface area contributed by atoms with Gasteiger partial charge in [-0.2, -0.15) is 0 Å². The lowest BCUT2D eigenvalue weighted by molar-refractivity contribution is 0.555. The number of rotatable bonds is 5. The topological polar surface area (TPSA) is 46.2 Å². The number of nitrogens with one attached hydrogen (secondary N) is 1. The molecule has 3 nitrogen and oxygen atoms in total. The van der Waals surface area contributed by atoms with E-state index in [4.69, 9.17) is 0 Å². The van der Waals surface area contributed by atoms with E-state index in [0.717, 1.165) is 6.42 Å². The number of halogens is 1. The van der Waals surface area contributed by atoms with Crippen LogP contribution in [0.5, 0.6) is 0 Å². The smallest absolute Gasteiger partial charge is 0.212 e. The second kappa shape index (κ2) is 5.41. The van der Waals surface area contributed by atoms with Gasteiger partial charge in [0.1, 0.15) is 5.82 Å². The summed E-state index contributed by atoms with van der Waals surface area (Å²) in [5.74, 6) is -0.478. The molecule has 5 heteroatoms. The summed E-state index contributed by atoms with van der Waals surface area (Å²) in [5.41, 5.74) is 0.581. The molecule has 0 saturated heterocycles. The molecule has 90 valence electrons. The molecule has 0 saturated carbocycles. The van der Waals surface area contributed by atoms with Gasteiger partial charge in [-0.05, 0) is 31.0 Å². The summed E-state index contributed by atoms with van der Waals surface area (Å²) in [6, 6.07) is 5.39. The van der Waals surface area contributed by atoms with Gasteiger partial charge in [0.15, 0.2) is 0 Å². The molecule has 16 heavy (non-hydrogen) atoms. The molecule has 0 aliphatic rings. The van der Waals surface area contributed by atoms with Crippen LogP contribution in [0.25, 0.3) is 0 Å². The van der Waals surface area contributed by atoms with Crippen LogP contribution in [0.2, 0.25) is 0 Å². The van der Waals surface area contributed by atoms with Crippen molar-refractivity contribution in [3.8, 4) is 0 Å².